The summed E-state index contributed by atoms with van der Waals surface area (Å²) in [5.41, 5.74) is 0.797. The average molecular weight is 513 g/mol. The van der Waals surface area contributed by atoms with Gasteiger partial charge in [-0.15, -0.1) is 0 Å². The second kappa shape index (κ2) is 10.3. The molecule has 0 saturated carbocycles. The quantitative estimate of drug-likeness (QED) is 0.380. The first-order valence-electron chi connectivity index (χ1n) is 8.45. The Labute approximate surface area is 172 Å². The first-order valence-corrected chi connectivity index (χ1v) is 17.3. The molecule has 0 aliphatic carbocycles. The van der Waals surface area contributed by atoms with Crippen LogP contribution in [0.5, 0.6) is 0 Å². The van der Waals surface area contributed by atoms with E-state index in [0.717, 1.165) is 0 Å². The van der Waals surface area contributed by atoms with Crippen molar-refractivity contribution in [1.29, 1.82) is 0 Å². The summed E-state index contributed by atoms with van der Waals surface area (Å²) >= 11 is -1.22. The van der Waals surface area contributed by atoms with Crippen molar-refractivity contribution in [2.45, 2.75) is 32.8 Å². The van der Waals surface area contributed by atoms with E-state index in [2.05, 4.69) is 9.97 Å². The third-order valence-corrected chi connectivity index (χ3v) is 14.8. The Hall–Kier alpha value is -1.26. The molecule has 0 aliphatic heterocycles. The van der Waals surface area contributed by atoms with Gasteiger partial charge < -0.3 is 0 Å². The predicted molar refractivity (Wildman–Crippen MR) is 110 cm³/mol. The number of hydrogen-bond donors (Lipinski definition) is 0. The summed E-state index contributed by atoms with van der Waals surface area (Å²) in [6.45, 7) is 3.80. The number of nitrogens with zero attached hydrogens (tertiary/aromatic N) is 2. The zero-order valence-corrected chi connectivity index (χ0v) is 20.2. The molecule has 2 rings (SSSR count). The Bertz CT molecular complexity index is 752. The van der Waals surface area contributed by atoms with Crippen LogP contribution < -0.4 is 0 Å². The molecule has 27 heavy (non-hydrogen) atoms. The van der Waals surface area contributed by atoms with Crippen molar-refractivity contribution in [3.05, 3.63) is 47.8 Å². The van der Waals surface area contributed by atoms with E-state index in [1.807, 2.05) is 26.4 Å². The average Bonchev–Trinajstić information content (AvgIpc) is 2.72. The molecule has 0 bridgehead atoms. The minimum absolute atomic E-state index is 0.398. The zero-order valence-electron chi connectivity index (χ0n) is 15.7. The summed E-state index contributed by atoms with van der Waals surface area (Å²) in [5, 5.41) is 1.19. The summed E-state index contributed by atoms with van der Waals surface area (Å²) in [6, 6.07) is 6.74. The molecule has 0 unspecified atom stereocenters. The van der Waals surface area contributed by atoms with Crippen LogP contribution in [0, 0.1) is 0 Å². The Morgan fingerprint density at radius 1 is 0.889 bits per heavy atom. The molecule has 0 saturated heterocycles. The number of rotatable bonds is 8. The van der Waals surface area contributed by atoms with Crippen molar-refractivity contribution in [3.8, 4) is 0 Å². The van der Waals surface area contributed by atoms with Crippen LogP contribution in [0.15, 0.2) is 46.7 Å². The van der Waals surface area contributed by atoms with Crippen LogP contribution in [0.2, 0.25) is 8.87 Å². The number of carbonyl (C=O) groups excluding carboxylic acids is 2. The monoisotopic (exact) mass is 514 g/mol. The Kier molecular flexibility index (Phi) is 8.43. The van der Waals surface area contributed by atoms with Gasteiger partial charge in [-0.1, -0.05) is 0 Å². The van der Waals surface area contributed by atoms with Crippen LogP contribution in [-0.4, -0.2) is 53.6 Å². The summed E-state index contributed by atoms with van der Waals surface area (Å²) in [4.78, 5) is 33.9. The van der Waals surface area contributed by atoms with E-state index in [1.54, 1.807) is 36.7 Å². The van der Waals surface area contributed by atoms with Gasteiger partial charge in [-0.3, -0.25) is 0 Å². The van der Waals surface area contributed by atoms with Crippen molar-refractivity contribution in [2.24, 2.45) is 0 Å². The third-order valence-electron chi connectivity index (χ3n) is 4.00. The van der Waals surface area contributed by atoms with Crippen LogP contribution in [0.3, 0.4) is 0 Å². The van der Waals surface area contributed by atoms with Crippen LogP contribution in [-0.2, 0) is 6.15 Å². The van der Waals surface area contributed by atoms with E-state index < -0.39 is 31.1 Å². The molecule has 6 nitrogen and oxygen atoms in total. The van der Waals surface area contributed by atoms with Gasteiger partial charge in [0, 0.05) is 0 Å². The standard InChI is InChI=1S/2C7H7NO2S.2C2H5.Sn/c2*1-11-6-5(7(9)10)3-2-4-8-6;2*1-2;/h2*2-4H,1H3,(H,9,10);2*1H2,2H3;/q;;;;+2/p-2. The number of thioether (sulfide) groups is 2. The molecule has 0 aliphatic rings. The van der Waals surface area contributed by atoms with Gasteiger partial charge in [0.15, 0.2) is 0 Å². The molecule has 144 valence electrons. The Balaban J connectivity index is 2.26. The van der Waals surface area contributed by atoms with Gasteiger partial charge >= 0.3 is 173 Å². The first kappa shape index (κ1) is 22.0. The Morgan fingerprint density at radius 3 is 1.63 bits per heavy atom. The van der Waals surface area contributed by atoms with Crippen molar-refractivity contribution < 1.29 is 15.7 Å². The maximum atomic E-state index is 12.8. The number of carbonyl (C=O) groups is 2. The fourth-order valence-electron chi connectivity index (χ4n) is 2.43. The van der Waals surface area contributed by atoms with Crippen molar-refractivity contribution >= 4 is 54.7 Å². The molecular formula is C18H22N2O4S2Sn. The molecular weight excluding hydrogens is 491 g/mol. The van der Waals surface area contributed by atoms with E-state index >= 15 is 0 Å². The van der Waals surface area contributed by atoms with Gasteiger partial charge in [0.2, 0.25) is 0 Å². The number of pyridine rings is 2. The molecule has 0 spiro atoms. The van der Waals surface area contributed by atoms with Crippen molar-refractivity contribution in [3.63, 3.8) is 0 Å². The van der Waals surface area contributed by atoms with Gasteiger partial charge in [-0.05, 0) is 0 Å². The molecule has 2 aromatic heterocycles. The van der Waals surface area contributed by atoms with Crippen LogP contribution in [0.25, 0.3) is 0 Å². The van der Waals surface area contributed by atoms with Gasteiger partial charge in [-0.2, -0.15) is 0 Å². The molecule has 0 fully saturated rings. The molecule has 9 heteroatoms. The van der Waals surface area contributed by atoms with Gasteiger partial charge in [0.1, 0.15) is 0 Å². The fourth-order valence-corrected chi connectivity index (χ4v) is 9.25. The second-order valence-corrected chi connectivity index (χ2v) is 17.5. The summed E-state index contributed by atoms with van der Waals surface area (Å²) < 4.78 is 12.8. The topological polar surface area (TPSA) is 78.4 Å². The van der Waals surface area contributed by atoms with Gasteiger partial charge in [0.05, 0.1) is 0 Å². The summed E-state index contributed by atoms with van der Waals surface area (Å²) in [5.74, 6) is -0.952. The van der Waals surface area contributed by atoms with Gasteiger partial charge in [-0.25, -0.2) is 0 Å². The number of hydrogen-bond acceptors (Lipinski definition) is 8. The Morgan fingerprint density at radius 2 is 1.30 bits per heavy atom. The third kappa shape index (κ3) is 5.38. The molecule has 0 radical (unpaired) electrons. The van der Waals surface area contributed by atoms with E-state index in [1.165, 1.54) is 23.5 Å². The molecule has 2 aromatic rings. The molecule has 0 atom stereocenters. The summed E-state index contributed by atoms with van der Waals surface area (Å²) in [7, 11) is 0. The molecule has 0 N–H and O–H groups in total. The normalized spacial score (nSPS) is 11.1. The first-order chi connectivity index (χ1) is 13.0. The second-order valence-electron chi connectivity index (χ2n) is 5.52. The molecule has 0 aromatic carbocycles. The number of aromatic nitrogens is 2. The minimum atomic E-state index is -3.96. The predicted octanol–water partition coefficient (Wildman–Crippen LogP) is 4.42. The maximum absolute atomic E-state index is 12.8. The SMILES string of the molecule is C[CH2][Sn]([CH2]C)([O]C(=O)c1cccnc1SC)[O]C(=O)c1cccnc1SC. The zero-order chi connectivity index (χ0) is 19.9. The van der Waals surface area contributed by atoms with Crippen molar-refractivity contribution in [2.75, 3.05) is 12.5 Å². The van der Waals surface area contributed by atoms with Crippen LogP contribution in [0.4, 0.5) is 0 Å². The molecule has 0 amide bonds. The van der Waals surface area contributed by atoms with Crippen LogP contribution >= 0.6 is 23.5 Å². The van der Waals surface area contributed by atoms with Crippen LogP contribution in [0.1, 0.15) is 34.6 Å². The van der Waals surface area contributed by atoms with E-state index in [0.29, 0.717) is 30.1 Å². The fraction of sp³-hybridized carbons (Fsp3) is 0.333. The summed E-state index contributed by atoms with van der Waals surface area (Å²) in [6.07, 6.45) is 6.96. The molecule has 2 heterocycles. The van der Waals surface area contributed by atoms with E-state index in [9.17, 15) is 9.59 Å². The van der Waals surface area contributed by atoms with E-state index in [-0.39, 0.29) is 0 Å². The van der Waals surface area contributed by atoms with Gasteiger partial charge in [0.25, 0.3) is 0 Å². The van der Waals surface area contributed by atoms with E-state index in [4.69, 9.17) is 6.15 Å². The van der Waals surface area contributed by atoms with Crippen molar-refractivity contribution in [1.82, 2.24) is 9.97 Å².